The fraction of sp³-hybridized carbons (Fsp3) is 0.176. The topological polar surface area (TPSA) is 137 Å². The first-order valence-corrected chi connectivity index (χ1v) is 8.68. The van der Waals surface area contributed by atoms with Crippen molar-refractivity contribution in [3.63, 3.8) is 0 Å². The smallest absolute Gasteiger partial charge is 0.335 e. The van der Waals surface area contributed by atoms with Crippen LogP contribution in [0, 0.1) is 0 Å². The molecule has 3 aromatic rings. The van der Waals surface area contributed by atoms with Crippen LogP contribution in [0.25, 0.3) is 10.6 Å². The van der Waals surface area contributed by atoms with Crippen molar-refractivity contribution in [2.45, 2.75) is 20.0 Å². The van der Waals surface area contributed by atoms with E-state index < -0.39 is 5.97 Å². The number of hydrogen-bond donors (Lipinski definition) is 3. The van der Waals surface area contributed by atoms with Gasteiger partial charge in [0.05, 0.1) is 17.0 Å². The number of carboxylic acid groups (broad SMARTS) is 1. The Labute approximate surface area is 153 Å². The van der Waals surface area contributed by atoms with Crippen LogP contribution in [0.5, 0.6) is 5.75 Å². The Kier molecular flexibility index (Phi) is 4.99. The van der Waals surface area contributed by atoms with E-state index >= 15 is 0 Å². The SMILES string of the molecule is CCc1nc(N)nc(N)c1OCc1csc(-c2ccc(C(=O)O)cc2)n1. The largest absolute Gasteiger partial charge is 0.481 e. The highest BCUT2D eigenvalue weighted by atomic mass is 32.1. The fourth-order valence-corrected chi connectivity index (χ4v) is 3.15. The standard InChI is InChI=1S/C17H17N5O3S/c1-2-12-13(14(18)22-17(19)21-12)25-7-11-8-26-15(20-11)9-3-5-10(6-4-9)16(23)24/h3-6,8H,2,7H2,1H3,(H,23,24)(H4,18,19,21,22). The predicted octanol–water partition coefficient (Wildman–Crippen LogP) is 2.60. The van der Waals surface area contributed by atoms with E-state index in [1.807, 2.05) is 12.3 Å². The maximum atomic E-state index is 10.9. The molecule has 0 spiro atoms. The lowest BCUT2D eigenvalue weighted by Gasteiger charge is -2.11. The number of carboxylic acids is 1. The summed E-state index contributed by atoms with van der Waals surface area (Å²) in [5, 5.41) is 11.6. The van der Waals surface area contributed by atoms with Crippen LogP contribution in [-0.2, 0) is 13.0 Å². The number of aryl methyl sites for hydroxylation is 1. The fourth-order valence-electron chi connectivity index (χ4n) is 2.34. The minimum atomic E-state index is -0.959. The molecule has 3 rings (SSSR count). The zero-order valence-corrected chi connectivity index (χ0v) is 14.8. The van der Waals surface area contributed by atoms with Gasteiger partial charge in [0.2, 0.25) is 5.95 Å². The molecule has 8 nitrogen and oxygen atoms in total. The Hall–Kier alpha value is -3.20. The van der Waals surface area contributed by atoms with Crippen molar-refractivity contribution < 1.29 is 14.6 Å². The van der Waals surface area contributed by atoms with E-state index in [1.54, 1.807) is 24.3 Å². The average molecular weight is 371 g/mol. The van der Waals surface area contributed by atoms with Gasteiger partial charge in [0.1, 0.15) is 11.6 Å². The van der Waals surface area contributed by atoms with Gasteiger partial charge in [-0.3, -0.25) is 0 Å². The third-order valence-electron chi connectivity index (χ3n) is 3.61. The molecular weight excluding hydrogens is 354 g/mol. The second-order valence-electron chi connectivity index (χ2n) is 5.41. The lowest BCUT2D eigenvalue weighted by atomic mass is 10.1. The van der Waals surface area contributed by atoms with Gasteiger partial charge in [0.25, 0.3) is 0 Å². The molecule has 0 bridgehead atoms. The highest BCUT2D eigenvalue weighted by Gasteiger charge is 2.13. The van der Waals surface area contributed by atoms with Crippen molar-refractivity contribution >= 4 is 29.1 Å². The maximum Gasteiger partial charge on any atom is 0.335 e. The van der Waals surface area contributed by atoms with Gasteiger partial charge in [-0.1, -0.05) is 19.1 Å². The van der Waals surface area contributed by atoms with Gasteiger partial charge >= 0.3 is 5.97 Å². The lowest BCUT2D eigenvalue weighted by Crippen LogP contribution is -2.08. The van der Waals surface area contributed by atoms with Gasteiger partial charge in [-0.05, 0) is 18.6 Å². The monoisotopic (exact) mass is 371 g/mol. The second kappa shape index (κ2) is 7.36. The molecule has 0 aliphatic rings. The van der Waals surface area contributed by atoms with Crippen molar-refractivity contribution in [2.24, 2.45) is 0 Å². The van der Waals surface area contributed by atoms with Crippen LogP contribution in [0.2, 0.25) is 0 Å². The number of aromatic nitrogens is 3. The number of aromatic carboxylic acids is 1. The number of nitrogens with zero attached hydrogens (tertiary/aromatic N) is 3. The van der Waals surface area contributed by atoms with Crippen molar-refractivity contribution in [2.75, 3.05) is 11.5 Å². The first kappa shape index (κ1) is 17.6. The molecule has 0 saturated heterocycles. The maximum absolute atomic E-state index is 10.9. The molecule has 0 radical (unpaired) electrons. The number of hydrogen-bond acceptors (Lipinski definition) is 8. The summed E-state index contributed by atoms with van der Waals surface area (Å²) in [5.74, 6) is -0.219. The van der Waals surface area contributed by atoms with Gasteiger partial charge in [-0.15, -0.1) is 11.3 Å². The van der Waals surface area contributed by atoms with Crippen molar-refractivity contribution in [3.05, 3.63) is 46.6 Å². The summed E-state index contributed by atoms with van der Waals surface area (Å²) in [6.07, 6.45) is 0.616. The van der Waals surface area contributed by atoms with Crippen LogP contribution >= 0.6 is 11.3 Å². The summed E-state index contributed by atoms with van der Waals surface area (Å²) in [6.45, 7) is 2.14. The zero-order chi connectivity index (χ0) is 18.7. The molecule has 0 saturated carbocycles. The molecule has 2 heterocycles. The van der Waals surface area contributed by atoms with E-state index in [-0.39, 0.29) is 23.9 Å². The van der Waals surface area contributed by atoms with Gasteiger partial charge < -0.3 is 21.3 Å². The molecule has 0 aliphatic heterocycles. The van der Waals surface area contributed by atoms with Crippen LogP contribution in [0.3, 0.4) is 0 Å². The van der Waals surface area contributed by atoms with Gasteiger partial charge in [0, 0.05) is 10.9 Å². The highest BCUT2D eigenvalue weighted by molar-refractivity contribution is 7.13. The number of nitrogens with two attached hydrogens (primary N) is 2. The first-order valence-electron chi connectivity index (χ1n) is 7.80. The summed E-state index contributed by atoms with van der Waals surface area (Å²) in [4.78, 5) is 23.5. The predicted molar refractivity (Wildman–Crippen MR) is 99.1 cm³/mol. The summed E-state index contributed by atoms with van der Waals surface area (Å²) in [6, 6.07) is 6.56. The number of ether oxygens (including phenoxy) is 1. The zero-order valence-electron chi connectivity index (χ0n) is 14.0. The van der Waals surface area contributed by atoms with Gasteiger partial charge in [0.15, 0.2) is 11.6 Å². The van der Waals surface area contributed by atoms with E-state index in [1.165, 1.54) is 11.3 Å². The number of rotatable bonds is 6. The molecule has 0 fully saturated rings. The highest BCUT2D eigenvalue weighted by Crippen LogP contribution is 2.28. The Morgan fingerprint density at radius 1 is 1.19 bits per heavy atom. The minimum Gasteiger partial charge on any atom is -0.481 e. The van der Waals surface area contributed by atoms with Crippen LogP contribution < -0.4 is 16.2 Å². The first-order chi connectivity index (χ1) is 12.5. The van der Waals surface area contributed by atoms with Gasteiger partial charge in [-0.2, -0.15) is 4.98 Å². The Morgan fingerprint density at radius 2 is 1.92 bits per heavy atom. The van der Waals surface area contributed by atoms with Crippen molar-refractivity contribution in [3.8, 4) is 16.3 Å². The summed E-state index contributed by atoms with van der Waals surface area (Å²) < 4.78 is 5.76. The normalized spacial score (nSPS) is 10.7. The molecule has 0 amide bonds. The van der Waals surface area contributed by atoms with E-state index in [9.17, 15) is 4.79 Å². The lowest BCUT2D eigenvalue weighted by molar-refractivity contribution is 0.0697. The van der Waals surface area contributed by atoms with E-state index in [2.05, 4.69) is 15.0 Å². The summed E-state index contributed by atoms with van der Waals surface area (Å²) >= 11 is 1.45. The van der Waals surface area contributed by atoms with Crippen molar-refractivity contribution in [1.29, 1.82) is 0 Å². The van der Waals surface area contributed by atoms with Crippen LogP contribution in [0.4, 0.5) is 11.8 Å². The van der Waals surface area contributed by atoms with Crippen molar-refractivity contribution in [1.82, 2.24) is 15.0 Å². The molecule has 26 heavy (non-hydrogen) atoms. The average Bonchev–Trinajstić information content (AvgIpc) is 3.09. The Balaban J connectivity index is 1.74. The number of benzene rings is 1. The number of nitrogen functional groups attached to an aromatic ring is 2. The third-order valence-corrected chi connectivity index (χ3v) is 4.55. The molecule has 134 valence electrons. The number of thiazole rings is 1. The molecular formula is C17H17N5O3S. The van der Waals surface area contributed by atoms with Gasteiger partial charge in [-0.25, -0.2) is 14.8 Å². The Bertz CT molecular complexity index is 940. The molecule has 5 N–H and O–H groups in total. The third kappa shape index (κ3) is 3.72. The molecule has 0 aliphatic carbocycles. The van der Waals surface area contributed by atoms with E-state index in [0.29, 0.717) is 17.9 Å². The summed E-state index contributed by atoms with van der Waals surface area (Å²) in [7, 11) is 0. The number of anilines is 2. The molecule has 9 heteroatoms. The summed E-state index contributed by atoms with van der Waals surface area (Å²) in [5.41, 5.74) is 13.9. The molecule has 2 aromatic heterocycles. The van der Waals surface area contributed by atoms with Crippen LogP contribution in [0.1, 0.15) is 28.7 Å². The van der Waals surface area contributed by atoms with E-state index in [4.69, 9.17) is 21.3 Å². The minimum absolute atomic E-state index is 0.118. The molecule has 0 unspecified atom stereocenters. The van der Waals surface area contributed by atoms with Crippen LogP contribution in [-0.4, -0.2) is 26.0 Å². The molecule has 1 aromatic carbocycles. The second-order valence-corrected chi connectivity index (χ2v) is 6.27. The number of carbonyl (C=O) groups is 1. The van der Waals surface area contributed by atoms with Crippen LogP contribution in [0.15, 0.2) is 29.6 Å². The molecule has 0 atom stereocenters. The quantitative estimate of drug-likeness (QED) is 0.601. The van der Waals surface area contributed by atoms with E-state index in [0.717, 1.165) is 16.3 Å². The Morgan fingerprint density at radius 3 is 2.58 bits per heavy atom.